The van der Waals surface area contributed by atoms with E-state index in [9.17, 15) is 23.1 Å². The number of anilines is 1. The molecule has 0 aromatic heterocycles. The number of ether oxygens (including phenoxy) is 1. The molecule has 0 saturated heterocycles. The summed E-state index contributed by atoms with van der Waals surface area (Å²) in [7, 11) is 1.49. The molecule has 0 amide bonds. The van der Waals surface area contributed by atoms with Crippen molar-refractivity contribution in [1.29, 1.82) is 0 Å². The highest BCUT2D eigenvalue weighted by molar-refractivity contribution is 6.04. The maximum absolute atomic E-state index is 13.4. The van der Waals surface area contributed by atoms with Crippen molar-refractivity contribution in [2.45, 2.75) is 25.6 Å². The lowest BCUT2D eigenvalue weighted by atomic mass is 10.0. The molecule has 0 aliphatic carbocycles. The molecule has 1 aromatic carbocycles. The molecule has 0 fully saturated rings. The van der Waals surface area contributed by atoms with Gasteiger partial charge in [-0.05, 0) is 31.5 Å². The first-order valence-electron chi connectivity index (χ1n) is 7.31. The van der Waals surface area contributed by atoms with Gasteiger partial charge >= 0.3 is 12.1 Å². The minimum absolute atomic E-state index is 0.0357. The third-order valence-corrected chi connectivity index (χ3v) is 3.44. The van der Waals surface area contributed by atoms with Crippen LogP contribution >= 0.6 is 0 Å². The monoisotopic (exact) mass is 344 g/mol. The maximum Gasteiger partial charge on any atom is 0.418 e. The van der Waals surface area contributed by atoms with Crippen LogP contribution in [0.25, 0.3) is 0 Å². The molecule has 1 N–H and O–H groups in total. The molecule has 1 heterocycles. The molecule has 8 heteroatoms. The second-order valence-electron chi connectivity index (χ2n) is 6.32. The van der Waals surface area contributed by atoms with E-state index in [1.54, 1.807) is 0 Å². The molecule has 0 spiro atoms. The summed E-state index contributed by atoms with van der Waals surface area (Å²) in [6, 6.07) is 3.83. The van der Waals surface area contributed by atoms with Gasteiger partial charge in [0.25, 0.3) is 0 Å². The Morgan fingerprint density at radius 3 is 2.50 bits per heavy atom. The molecule has 24 heavy (non-hydrogen) atoms. The number of hydrogen-bond donors (Lipinski definition) is 1. The van der Waals surface area contributed by atoms with Crippen molar-refractivity contribution in [3.05, 3.63) is 29.3 Å². The Hall–Kier alpha value is -2.09. The summed E-state index contributed by atoms with van der Waals surface area (Å²) < 4.78 is 45.1. The third-order valence-electron chi connectivity index (χ3n) is 3.44. The molecule has 2 rings (SSSR count). The summed E-state index contributed by atoms with van der Waals surface area (Å²) in [6.45, 7) is 2.74. The molecule has 0 radical (unpaired) electrons. The highest BCUT2D eigenvalue weighted by Gasteiger charge is 2.36. The predicted octanol–water partition coefficient (Wildman–Crippen LogP) is 2.26. The van der Waals surface area contributed by atoms with Crippen LogP contribution < -0.4 is 4.90 Å². The van der Waals surface area contributed by atoms with Crippen LogP contribution in [0.2, 0.25) is 0 Å². The number of alkyl halides is 3. The zero-order valence-corrected chi connectivity index (χ0v) is 13.6. The normalized spacial score (nSPS) is 15.8. The number of carbonyl (C=O) groups excluding carboxylic acids is 1. The molecule has 1 aliphatic heterocycles. The average Bonchev–Trinajstić information content (AvgIpc) is 2.44. The predicted molar refractivity (Wildman–Crippen MR) is 83.4 cm³/mol. The smallest absolute Gasteiger partial charge is 0.418 e. The number of aliphatic imine (C=N–C) groups is 1. The molecule has 132 valence electrons. The number of benzene rings is 1. The van der Waals surface area contributed by atoms with Crippen LogP contribution in [0, 0.1) is 0 Å². The van der Waals surface area contributed by atoms with Crippen molar-refractivity contribution in [2.75, 3.05) is 31.6 Å². The van der Waals surface area contributed by atoms with Gasteiger partial charge in [-0.15, -0.1) is 0 Å². The van der Waals surface area contributed by atoms with Gasteiger partial charge in [0, 0.05) is 19.3 Å². The number of hydrogen-bond acceptors (Lipinski definition) is 5. The van der Waals surface area contributed by atoms with Gasteiger partial charge in [0.15, 0.2) is 0 Å². The van der Waals surface area contributed by atoms with Gasteiger partial charge in [-0.3, -0.25) is 9.79 Å². The van der Waals surface area contributed by atoms with E-state index in [2.05, 4.69) is 4.99 Å². The van der Waals surface area contributed by atoms with Gasteiger partial charge in [-0.25, -0.2) is 0 Å². The Kier molecular flexibility index (Phi) is 4.89. The zero-order valence-electron chi connectivity index (χ0n) is 13.6. The van der Waals surface area contributed by atoms with Crippen LogP contribution in [0.5, 0.6) is 0 Å². The van der Waals surface area contributed by atoms with Crippen molar-refractivity contribution < 1.29 is 27.8 Å². The summed E-state index contributed by atoms with van der Waals surface area (Å²) >= 11 is 0. The lowest BCUT2D eigenvalue weighted by Crippen LogP contribution is -2.37. The summed E-state index contributed by atoms with van der Waals surface area (Å²) in [6.07, 6.45) is -4.56. The molecule has 0 saturated carbocycles. The van der Waals surface area contributed by atoms with Crippen LogP contribution in [0.15, 0.2) is 23.2 Å². The fourth-order valence-corrected chi connectivity index (χ4v) is 2.52. The van der Waals surface area contributed by atoms with Gasteiger partial charge in [0.1, 0.15) is 13.2 Å². The number of carbonyl (C=O) groups is 1. The van der Waals surface area contributed by atoms with E-state index >= 15 is 0 Å². The Morgan fingerprint density at radius 2 is 2.00 bits per heavy atom. The van der Waals surface area contributed by atoms with Gasteiger partial charge in [0.05, 0.1) is 16.9 Å². The van der Waals surface area contributed by atoms with E-state index in [-0.39, 0.29) is 30.9 Å². The fraction of sp³-hybridized carbons (Fsp3) is 0.500. The Bertz CT molecular complexity index is 664. The van der Waals surface area contributed by atoms with Crippen LogP contribution in [0.4, 0.5) is 18.9 Å². The number of cyclic esters (lactones) is 1. The largest absolute Gasteiger partial charge is 0.458 e. The maximum atomic E-state index is 13.4. The van der Waals surface area contributed by atoms with E-state index in [0.717, 1.165) is 6.07 Å². The minimum atomic E-state index is -4.56. The molecule has 1 aliphatic rings. The lowest BCUT2D eigenvalue weighted by molar-refractivity contribution is -0.141. The third kappa shape index (κ3) is 4.47. The van der Waals surface area contributed by atoms with Crippen molar-refractivity contribution in [2.24, 2.45) is 4.99 Å². The van der Waals surface area contributed by atoms with Gasteiger partial charge in [-0.1, -0.05) is 6.07 Å². The number of likely N-dealkylation sites (N-methyl/N-ethyl adjacent to an activating group) is 1. The summed E-state index contributed by atoms with van der Waals surface area (Å²) in [5, 5.41) is 9.84. The topological polar surface area (TPSA) is 62.1 Å². The Morgan fingerprint density at radius 1 is 1.33 bits per heavy atom. The van der Waals surface area contributed by atoms with Gasteiger partial charge in [0.2, 0.25) is 0 Å². The lowest BCUT2D eigenvalue weighted by Gasteiger charge is -2.29. The summed E-state index contributed by atoms with van der Waals surface area (Å²) in [5.74, 6) is -0.503. The first-order valence-corrected chi connectivity index (χ1v) is 7.31. The highest BCUT2D eigenvalue weighted by atomic mass is 19.4. The molecule has 5 nitrogen and oxygen atoms in total. The molecule has 1 aromatic rings. The molecular formula is C16H19F3N2O3. The molecule has 0 atom stereocenters. The first kappa shape index (κ1) is 18.3. The minimum Gasteiger partial charge on any atom is -0.458 e. The van der Waals surface area contributed by atoms with E-state index in [1.807, 2.05) is 0 Å². The number of rotatable bonds is 4. The first-order chi connectivity index (χ1) is 11.0. The SMILES string of the molecule is CN(CC(C)(C)O)c1ccc(C2=NCC(=O)OC2)cc1C(F)(F)F. The second-order valence-corrected chi connectivity index (χ2v) is 6.32. The average molecular weight is 344 g/mol. The Labute approximate surface area is 137 Å². The molecule has 0 unspecified atom stereocenters. The number of aliphatic hydroxyl groups is 1. The quantitative estimate of drug-likeness (QED) is 0.851. The standard InChI is InChI=1S/C16H19F3N2O3/c1-15(2,23)9-21(3)13-5-4-10(6-11(13)16(17,18)19)12-8-24-14(22)7-20-12/h4-6,23H,7-9H2,1-3H3. The van der Waals surface area contributed by atoms with Crippen molar-refractivity contribution in [1.82, 2.24) is 0 Å². The number of halogens is 3. The summed E-state index contributed by atoms with van der Waals surface area (Å²) in [5.41, 5.74) is -1.45. The van der Waals surface area contributed by atoms with Crippen molar-refractivity contribution in [3.8, 4) is 0 Å². The van der Waals surface area contributed by atoms with E-state index < -0.39 is 23.3 Å². The van der Waals surface area contributed by atoms with Gasteiger partial charge < -0.3 is 14.7 Å². The second kappa shape index (κ2) is 6.43. The highest BCUT2D eigenvalue weighted by Crippen LogP contribution is 2.37. The summed E-state index contributed by atoms with van der Waals surface area (Å²) in [4.78, 5) is 16.3. The molecular weight excluding hydrogens is 325 g/mol. The van der Waals surface area contributed by atoms with Crippen LogP contribution in [-0.4, -0.2) is 49.1 Å². The van der Waals surface area contributed by atoms with Gasteiger partial charge in [-0.2, -0.15) is 13.2 Å². The van der Waals surface area contributed by atoms with Crippen LogP contribution in [-0.2, 0) is 15.7 Å². The van der Waals surface area contributed by atoms with Crippen molar-refractivity contribution >= 4 is 17.4 Å². The fourth-order valence-electron chi connectivity index (χ4n) is 2.52. The Balaban J connectivity index is 2.41. The van der Waals surface area contributed by atoms with E-state index in [4.69, 9.17) is 4.74 Å². The zero-order chi connectivity index (χ0) is 18.1. The van der Waals surface area contributed by atoms with Crippen LogP contribution in [0.3, 0.4) is 0 Å². The number of nitrogens with zero attached hydrogens (tertiary/aromatic N) is 2. The van der Waals surface area contributed by atoms with Crippen LogP contribution in [0.1, 0.15) is 25.0 Å². The van der Waals surface area contributed by atoms with E-state index in [0.29, 0.717) is 5.71 Å². The van der Waals surface area contributed by atoms with E-state index in [1.165, 1.54) is 37.9 Å². The molecule has 0 bridgehead atoms. The van der Waals surface area contributed by atoms with Crippen molar-refractivity contribution in [3.63, 3.8) is 0 Å². The number of esters is 1.